The Hall–Kier alpha value is -0.540. The van der Waals surface area contributed by atoms with E-state index < -0.39 is 0 Å². The first-order valence-corrected chi connectivity index (χ1v) is 4.72. The maximum atomic E-state index is 3.45. The molecule has 0 bridgehead atoms. The predicted molar refractivity (Wildman–Crippen MR) is 51.8 cm³/mol. The number of rotatable bonds is 4. The number of piperidine rings is 1. The van der Waals surface area contributed by atoms with E-state index in [0.717, 1.165) is 19.8 Å². The van der Waals surface area contributed by atoms with Crippen LogP contribution in [0.1, 0.15) is 19.8 Å². The molecule has 70 valence electrons. The van der Waals surface area contributed by atoms with Crippen molar-refractivity contribution in [1.29, 1.82) is 0 Å². The van der Waals surface area contributed by atoms with E-state index >= 15 is 0 Å². The zero-order chi connectivity index (χ0) is 8.65. The molecule has 1 aliphatic rings. The summed E-state index contributed by atoms with van der Waals surface area (Å²) in [7, 11) is 0. The minimum atomic E-state index is 0.698. The molecule has 3 nitrogen and oxygen atoms in total. The van der Waals surface area contributed by atoms with Crippen molar-refractivity contribution in [2.24, 2.45) is 0 Å². The molecule has 1 saturated heterocycles. The molecule has 0 aromatic rings. The van der Waals surface area contributed by atoms with E-state index in [9.17, 15) is 0 Å². The van der Waals surface area contributed by atoms with Crippen molar-refractivity contribution in [3.8, 4) is 0 Å². The fourth-order valence-corrected chi connectivity index (χ4v) is 1.41. The van der Waals surface area contributed by atoms with E-state index in [4.69, 9.17) is 0 Å². The zero-order valence-electron chi connectivity index (χ0n) is 7.77. The zero-order valence-corrected chi connectivity index (χ0v) is 7.77. The number of hydrogen-bond acceptors (Lipinski definition) is 3. The van der Waals surface area contributed by atoms with Gasteiger partial charge < -0.3 is 10.6 Å². The monoisotopic (exact) mass is 169 g/mol. The second kappa shape index (κ2) is 6.03. The summed E-state index contributed by atoms with van der Waals surface area (Å²) in [4.78, 5) is 0. The Balaban J connectivity index is 1.97. The van der Waals surface area contributed by atoms with E-state index in [2.05, 4.69) is 16.0 Å². The first-order chi connectivity index (χ1) is 5.93. The summed E-state index contributed by atoms with van der Waals surface area (Å²) < 4.78 is 0. The lowest BCUT2D eigenvalue weighted by Gasteiger charge is -2.23. The van der Waals surface area contributed by atoms with Gasteiger partial charge >= 0.3 is 0 Å². The van der Waals surface area contributed by atoms with Crippen molar-refractivity contribution in [2.45, 2.75) is 25.8 Å². The fourth-order valence-electron chi connectivity index (χ4n) is 1.41. The Morgan fingerprint density at radius 2 is 2.17 bits per heavy atom. The van der Waals surface area contributed by atoms with Crippen molar-refractivity contribution in [3.63, 3.8) is 0 Å². The molecule has 0 radical (unpaired) electrons. The lowest BCUT2D eigenvalue weighted by atomic mass is 10.1. The molecule has 1 heterocycles. The van der Waals surface area contributed by atoms with Gasteiger partial charge in [-0.1, -0.05) is 6.08 Å². The van der Waals surface area contributed by atoms with Crippen molar-refractivity contribution in [3.05, 3.63) is 12.3 Å². The molecule has 0 aromatic carbocycles. The summed E-state index contributed by atoms with van der Waals surface area (Å²) in [6.45, 7) is 5.20. The molecule has 12 heavy (non-hydrogen) atoms. The number of nitrogens with one attached hydrogen (secondary N) is 3. The Kier molecular flexibility index (Phi) is 4.80. The lowest BCUT2D eigenvalue weighted by Crippen LogP contribution is -2.42. The summed E-state index contributed by atoms with van der Waals surface area (Å²) >= 11 is 0. The van der Waals surface area contributed by atoms with Crippen LogP contribution >= 0.6 is 0 Å². The van der Waals surface area contributed by atoms with E-state index in [1.54, 1.807) is 0 Å². The van der Waals surface area contributed by atoms with Gasteiger partial charge in [0.1, 0.15) is 0 Å². The molecule has 0 unspecified atom stereocenters. The minimum absolute atomic E-state index is 0.698. The van der Waals surface area contributed by atoms with Crippen molar-refractivity contribution in [1.82, 2.24) is 16.0 Å². The highest BCUT2D eigenvalue weighted by molar-refractivity contribution is 4.77. The van der Waals surface area contributed by atoms with Crippen LogP contribution < -0.4 is 16.0 Å². The Labute approximate surface area is 74.6 Å². The quantitative estimate of drug-likeness (QED) is 0.421. The summed E-state index contributed by atoms with van der Waals surface area (Å²) in [5.74, 6) is 0. The standard InChI is InChI=1S/C9H19N3/c1-2-5-11-8-12-9-3-6-10-7-4-9/h2,5,9-12H,3-4,6-8H2,1H3/b5-2+. The molecule has 3 N–H and O–H groups in total. The third-order valence-electron chi connectivity index (χ3n) is 2.12. The molecule has 1 fully saturated rings. The van der Waals surface area contributed by atoms with Crippen LogP contribution in [0.2, 0.25) is 0 Å². The topological polar surface area (TPSA) is 36.1 Å². The first kappa shape index (κ1) is 9.55. The molecule has 1 aliphatic heterocycles. The SMILES string of the molecule is C/C=C/NCNC1CCNCC1. The van der Waals surface area contributed by atoms with E-state index in [-0.39, 0.29) is 0 Å². The normalized spacial score (nSPS) is 20.1. The third kappa shape index (κ3) is 3.74. The summed E-state index contributed by atoms with van der Waals surface area (Å²) in [5, 5.41) is 9.97. The van der Waals surface area contributed by atoms with Crippen LogP contribution in [0.25, 0.3) is 0 Å². The van der Waals surface area contributed by atoms with Crippen LogP contribution in [0, 0.1) is 0 Å². The second-order valence-corrected chi connectivity index (χ2v) is 3.11. The fraction of sp³-hybridized carbons (Fsp3) is 0.778. The minimum Gasteiger partial charge on any atom is -0.379 e. The van der Waals surface area contributed by atoms with Gasteiger partial charge in [-0.2, -0.15) is 0 Å². The average Bonchev–Trinajstić information content (AvgIpc) is 2.14. The van der Waals surface area contributed by atoms with Crippen LogP contribution in [0.3, 0.4) is 0 Å². The van der Waals surface area contributed by atoms with Crippen LogP contribution in [0.4, 0.5) is 0 Å². The van der Waals surface area contributed by atoms with Crippen molar-refractivity contribution >= 4 is 0 Å². The highest BCUT2D eigenvalue weighted by atomic mass is 15.1. The van der Waals surface area contributed by atoms with Crippen LogP contribution in [-0.4, -0.2) is 25.8 Å². The third-order valence-corrected chi connectivity index (χ3v) is 2.12. The molecule has 3 heteroatoms. The largest absolute Gasteiger partial charge is 0.379 e. The van der Waals surface area contributed by atoms with Gasteiger partial charge in [0, 0.05) is 6.04 Å². The van der Waals surface area contributed by atoms with Gasteiger partial charge in [-0.3, -0.25) is 5.32 Å². The molecular formula is C9H19N3. The maximum Gasteiger partial charge on any atom is 0.0650 e. The van der Waals surface area contributed by atoms with E-state index in [0.29, 0.717) is 6.04 Å². The van der Waals surface area contributed by atoms with E-state index in [1.807, 2.05) is 19.2 Å². The van der Waals surface area contributed by atoms with Crippen molar-refractivity contribution < 1.29 is 0 Å². The predicted octanol–water partition coefficient (Wildman–Crippen LogP) is 0.409. The molecule has 0 spiro atoms. The van der Waals surface area contributed by atoms with Gasteiger partial charge in [0.25, 0.3) is 0 Å². The first-order valence-electron chi connectivity index (χ1n) is 4.72. The van der Waals surface area contributed by atoms with Gasteiger partial charge in [0.15, 0.2) is 0 Å². The van der Waals surface area contributed by atoms with Gasteiger partial charge in [-0.25, -0.2) is 0 Å². The lowest BCUT2D eigenvalue weighted by molar-refractivity contribution is 0.384. The summed E-state index contributed by atoms with van der Waals surface area (Å²) in [6.07, 6.45) is 6.47. The second-order valence-electron chi connectivity index (χ2n) is 3.11. The van der Waals surface area contributed by atoms with Crippen molar-refractivity contribution in [2.75, 3.05) is 19.8 Å². The van der Waals surface area contributed by atoms with Crippen LogP contribution in [0.15, 0.2) is 12.3 Å². The summed E-state index contributed by atoms with van der Waals surface area (Å²) in [6, 6.07) is 0.698. The average molecular weight is 169 g/mol. The van der Waals surface area contributed by atoms with Crippen LogP contribution in [0.5, 0.6) is 0 Å². The molecule has 0 atom stereocenters. The molecule has 1 rings (SSSR count). The molecule has 0 aromatic heterocycles. The highest BCUT2D eigenvalue weighted by Crippen LogP contribution is 2.00. The molecular weight excluding hydrogens is 150 g/mol. The Morgan fingerprint density at radius 1 is 1.42 bits per heavy atom. The number of allylic oxidation sites excluding steroid dienone is 1. The van der Waals surface area contributed by atoms with Crippen LogP contribution in [-0.2, 0) is 0 Å². The van der Waals surface area contributed by atoms with Gasteiger partial charge in [0.2, 0.25) is 0 Å². The highest BCUT2D eigenvalue weighted by Gasteiger charge is 2.10. The number of hydrogen-bond donors (Lipinski definition) is 3. The van der Waals surface area contributed by atoms with Gasteiger partial charge in [0.05, 0.1) is 6.67 Å². The molecule has 0 amide bonds. The molecule has 0 saturated carbocycles. The molecule has 0 aliphatic carbocycles. The van der Waals surface area contributed by atoms with Gasteiger partial charge in [-0.05, 0) is 39.1 Å². The van der Waals surface area contributed by atoms with Gasteiger partial charge in [-0.15, -0.1) is 0 Å². The Bertz CT molecular complexity index is 128. The van der Waals surface area contributed by atoms with E-state index in [1.165, 1.54) is 12.8 Å². The Morgan fingerprint density at radius 3 is 2.83 bits per heavy atom. The maximum absolute atomic E-state index is 3.45. The smallest absolute Gasteiger partial charge is 0.0650 e. The summed E-state index contributed by atoms with van der Waals surface area (Å²) in [5.41, 5.74) is 0.